The largest absolute Gasteiger partial charge is 0.376 e. The zero-order valence-electron chi connectivity index (χ0n) is 10.8. The van der Waals surface area contributed by atoms with E-state index in [-0.39, 0.29) is 5.60 Å². The van der Waals surface area contributed by atoms with Gasteiger partial charge in [0.15, 0.2) is 0 Å². The molecule has 0 radical (unpaired) electrons. The van der Waals surface area contributed by atoms with Gasteiger partial charge in [0.1, 0.15) is 0 Å². The lowest BCUT2D eigenvalue weighted by Crippen LogP contribution is -2.37. The molecule has 0 bridgehead atoms. The fourth-order valence-corrected chi connectivity index (χ4v) is 2.45. The molecule has 1 saturated carbocycles. The second-order valence-corrected chi connectivity index (χ2v) is 5.69. The van der Waals surface area contributed by atoms with Crippen molar-refractivity contribution in [1.29, 1.82) is 0 Å². The van der Waals surface area contributed by atoms with Crippen LogP contribution in [-0.4, -0.2) is 25.3 Å². The first-order valence-electron chi connectivity index (χ1n) is 6.34. The Hall–Kier alpha value is -0.0800. The van der Waals surface area contributed by atoms with E-state index >= 15 is 0 Å². The topological polar surface area (TPSA) is 21.3 Å². The van der Waals surface area contributed by atoms with Gasteiger partial charge in [-0.2, -0.15) is 0 Å². The summed E-state index contributed by atoms with van der Waals surface area (Å²) in [5.74, 6) is 0.825. The molecule has 0 amide bonds. The zero-order valence-corrected chi connectivity index (χ0v) is 10.8. The van der Waals surface area contributed by atoms with Crippen LogP contribution >= 0.6 is 0 Å². The summed E-state index contributed by atoms with van der Waals surface area (Å²) in [6.45, 7) is 7.29. The van der Waals surface area contributed by atoms with E-state index in [1.54, 1.807) is 0 Å². The van der Waals surface area contributed by atoms with Crippen LogP contribution in [0.3, 0.4) is 0 Å². The third-order valence-electron chi connectivity index (χ3n) is 3.30. The second kappa shape index (κ2) is 5.86. The van der Waals surface area contributed by atoms with E-state index in [9.17, 15) is 0 Å². The molecule has 1 N–H and O–H groups in total. The zero-order chi connectivity index (χ0) is 11.3. The van der Waals surface area contributed by atoms with Gasteiger partial charge in [0, 0.05) is 12.6 Å². The quantitative estimate of drug-likeness (QED) is 0.775. The Balaban J connectivity index is 2.23. The van der Waals surface area contributed by atoms with Gasteiger partial charge in [-0.15, -0.1) is 0 Å². The fraction of sp³-hybridized carbons (Fsp3) is 1.00. The summed E-state index contributed by atoms with van der Waals surface area (Å²) in [5, 5.41) is 3.45. The predicted octanol–water partition coefficient (Wildman–Crippen LogP) is 2.97. The number of ether oxygens (including phenoxy) is 1. The lowest BCUT2D eigenvalue weighted by atomic mass is 9.83. The average molecular weight is 213 g/mol. The number of rotatable bonds is 4. The summed E-state index contributed by atoms with van der Waals surface area (Å²) in [7, 11) is 2.09. The maximum atomic E-state index is 5.80. The van der Waals surface area contributed by atoms with Crippen LogP contribution < -0.4 is 5.32 Å². The molecule has 90 valence electrons. The molecule has 1 fully saturated rings. The highest BCUT2D eigenvalue weighted by molar-refractivity contribution is 4.79. The van der Waals surface area contributed by atoms with Gasteiger partial charge in [-0.05, 0) is 53.0 Å². The number of hydrogen-bond donors (Lipinski definition) is 1. The normalized spacial score (nSPS) is 28.0. The molecule has 0 aromatic heterocycles. The molecule has 0 aromatic rings. The summed E-state index contributed by atoms with van der Waals surface area (Å²) >= 11 is 0. The molecule has 2 heteroatoms. The first-order chi connectivity index (χ1) is 7.03. The van der Waals surface area contributed by atoms with Crippen molar-refractivity contribution in [2.75, 3.05) is 13.7 Å². The van der Waals surface area contributed by atoms with Crippen molar-refractivity contribution in [3.05, 3.63) is 0 Å². The number of hydrogen-bond acceptors (Lipinski definition) is 2. The molecule has 1 aliphatic rings. The van der Waals surface area contributed by atoms with Crippen molar-refractivity contribution in [2.45, 2.75) is 64.5 Å². The van der Waals surface area contributed by atoms with Crippen LogP contribution in [0.25, 0.3) is 0 Å². The fourth-order valence-electron chi connectivity index (χ4n) is 2.45. The Labute approximate surface area is 94.8 Å². The standard InChI is InChI=1S/C13H27NO/c1-13(2,3)15-10-9-11-7-5-6-8-12(11)14-4/h11-12,14H,5-10H2,1-4H3. The van der Waals surface area contributed by atoms with Gasteiger partial charge < -0.3 is 10.1 Å². The van der Waals surface area contributed by atoms with Gasteiger partial charge in [-0.25, -0.2) is 0 Å². The molecule has 0 aromatic carbocycles. The van der Waals surface area contributed by atoms with Gasteiger partial charge in [0.2, 0.25) is 0 Å². The third kappa shape index (κ3) is 4.98. The van der Waals surface area contributed by atoms with Crippen molar-refractivity contribution in [3.63, 3.8) is 0 Å². The Morgan fingerprint density at radius 3 is 2.47 bits per heavy atom. The first-order valence-corrected chi connectivity index (χ1v) is 6.34. The molecule has 2 nitrogen and oxygen atoms in total. The minimum Gasteiger partial charge on any atom is -0.376 e. The van der Waals surface area contributed by atoms with E-state index in [0.717, 1.165) is 18.6 Å². The van der Waals surface area contributed by atoms with Crippen LogP contribution in [0.4, 0.5) is 0 Å². The van der Waals surface area contributed by atoms with Crippen molar-refractivity contribution < 1.29 is 4.74 Å². The summed E-state index contributed by atoms with van der Waals surface area (Å²) in [6, 6.07) is 0.724. The van der Waals surface area contributed by atoms with E-state index in [1.807, 2.05) is 0 Å². The van der Waals surface area contributed by atoms with Crippen molar-refractivity contribution in [2.24, 2.45) is 5.92 Å². The van der Waals surface area contributed by atoms with Crippen molar-refractivity contribution in [1.82, 2.24) is 5.32 Å². The SMILES string of the molecule is CNC1CCCCC1CCOC(C)(C)C. The molecule has 2 atom stereocenters. The highest BCUT2D eigenvalue weighted by atomic mass is 16.5. The van der Waals surface area contributed by atoms with E-state index in [4.69, 9.17) is 4.74 Å². The van der Waals surface area contributed by atoms with E-state index in [1.165, 1.54) is 32.1 Å². The summed E-state index contributed by atoms with van der Waals surface area (Å²) in [6.07, 6.45) is 6.72. The minimum atomic E-state index is 0.0177. The van der Waals surface area contributed by atoms with Gasteiger partial charge in [-0.3, -0.25) is 0 Å². The molecule has 1 aliphatic carbocycles. The van der Waals surface area contributed by atoms with Gasteiger partial charge >= 0.3 is 0 Å². The van der Waals surface area contributed by atoms with Crippen LogP contribution in [0.1, 0.15) is 52.9 Å². The van der Waals surface area contributed by atoms with Crippen molar-refractivity contribution >= 4 is 0 Å². The molecular formula is C13H27NO. The molecule has 0 heterocycles. The summed E-state index contributed by atoms with van der Waals surface area (Å²) in [5.41, 5.74) is 0.0177. The van der Waals surface area contributed by atoms with Crippen LogP contribution in [0.5, 0.6) is 0 Å². The minimum absolute atomic E-state index is 0.0177. The van der Waals surface area contributed by atoms with E-state index in [2.05, 4.69) is 33.1 Å². The van der Waals surface area contributed by atoms with E-state index in [0.29, 0.717) is 0 Å². The molecule has 0 saturated heterocycles. The van der Waals surface area contributed by atoms with Gasteiger partial charge in [0.05, 0.1) is 5.60 Å². The Morgan fingerprint density at radius 1 is 1.20 bits per heavy atom. The third-order valence-corrected chi connectivity index (χ3v) is 3.30. The smallest absolute Gasteiger partial charge is 0.0598 e. The highest BCUT2D eigenvalue weighted by Crippen LogP contribution is 2.27. The Kier molecular flexibility index (Phi) is 5.07. The average Bonchev–Trinajstić information content (AvgIpc) is 2.16. The second-order valence-electron chi connectivity index (χ2n) is 5.69. The Bertz CT molecular complexity index is 174. The van der Waals surface area contributed by atoms with Crippen LogP contribution in [0.2, 0.25) is 0 Å². The summed E-state index contributed by atoms with van der Waals surface area (Å²) < 4.78 is 5.80. The van der Waals surface area contributed by atoms with Gasteiger partial charge in [-0.1, -0.05) is 12.8 Å². The van der Waals surface area contributed by atoms with Crippen LogP contribution in [0, 0.1) is 5.92 Å². The maximum absolute atomic E-state index is 5.80. The predicted molar refractivity (Wildman–Crippen MR) is 65.1 cm³/mol. The lowest BCUT2D eigenvalue weighted by molar-refractivity contribution is -0.0128. The van der Waals surface area contributed by atoms with Crippen LogP contribution in [0.15, 0.2) is 0 Å². The molecule has 0 spiro atoms. The monoisotopic (exact) mass is 213 g/mol. The molecule has 15 heavy (non-hydrogen) atoms. The van der Waals surface area contributed by atoms with Crippen molar-refractivity contribution in [3.8, 4) is 0 Å². The molecular weight excluding hydrogens is 186 g/mol. The van der Waals surface area contributed by atoms with Crippen LogP contribution in [-0.2, 0) is 4.74 Å². The Morgan fingerprint density at radius 2 is 1.87 bits per heavy atom. The molecule has 0 aliphatic heterocycles. The van der Waals surface area contributed by atoms with Gasteiger partial charge in [0.25, 0.3) is 0 Å². The maximum Gasteiger partial charge on any atom is 0.0598 e. The van der Waals surface area contributed by atoms with E-state index < -0.39 is 0 Å². The molecule has 1 rings (SSSR count). The summed E-state index contributed by atoms with van der Waals surface area (Å²) in [4.78, 5) is 0. The molecule has 2 unspecified atom stereocenters. The highest BCUT2D eigenvalue weighted by Gasteiger charge is 2.23. The number of nitrogens with one attached hydrogen (secondary N) is 1. The first kappa shape index (κ1) is 13.0. The lowest BCUT2D eigenvalue weighted by Gasteiger charge is -2.32.